The number of para-hydroxylation sites is 1. The lowest BCUT2D eigenvalue weighted by Crippen LogP contribution is -2.64. The van der Waals surface area contributed by atoms with Crippen molar-refractivity contribution in [1.82, 2.24) is 41.8 Å². The number of aromatic nitrogens is 1. The number of nitrogens with one attached hydrogen (secondary N) is 7. The Morgan fingerprint density at radius 2 is 1.58 bits per heavy atom. The zero-order chi connectivity index (χ0) is 52.2. The van der Waals surface area contributed by atoms with Crippen LogP contribution in [-0.4, -0.2) is 181 Å². The van der Waals surface area contributed by atoms with Gasteiger partial charge in [0.2, 0.25) is 29.5 Å². The molecule has 1 aromatic heterocycles. The quantitative estimate of drug-likeness (QED) is 0.0754. The Labute approximate surface area is 407 Å². The number of nitrogens with zero attached hydrogens (tertiary/aromatic N) is 1. The molecule has 3 heterocycles. The number of carboxylic acids is 1. The monoisotopic (exact) mass is 994 g/mol. The molecule has 5 rings (SSSR count). The number of likely N-dealkylation sites (N-methyl/N-ethyl adjacent to an activating group) is 1. The Bertz CT molecular complexity index is 2450. The van der Waals surface area contributed by atoms with E-state index in [1.165, 1.54) is 0 Å². The maximum absolute atomic E-state index is 13.8. The molecule has 0 unspecified atom stereocenters. The van der Waals surface area contributed by atoms with Crippen molar-refractivity contribution in [2.24, 2.45) is 5.92 Å². The molecule has 0 saturated carbocycles. The number of aliphatic hydroxyl groups is 6. The SMILES string of the molecule is COc1ccc(/C=C/CCCC[C@@H](C)[C@H](O)[C@@H](O)[C@H]2NC(=O)C[C@H](O)CNC(=O)CNC(=O)[C@@H](Cc3c(C(=O)O)[nH]c4ccccc34)NC(=O)CN(C)C(=O)C[C@@]3(O)NC(=O)[C@H](O)[C@@H]3NC(=O)[C@@H]2O)cc1. The van der Waals surface area contributed by atoms with Crippen LogP contribution in [0.3, 0.4) is 0 Å². The number of carboxylic acid groups (broad SMARTS) is 1. The first-order valence-corrected chi connectivity index (χ1v) is 22.9. The summed E-state index contributed by atoms with van der Waals surface area (Å²) in [5, 5.41) is 91.1. The summed E-state index contributed by atoms with van der Waals surface area (Å²) in [5.74, 6) is -9.14. The van der Waals surface area contributed by atoms with Crippen molar-refractivity contribution in [2.75, 3.05) is 33.8 Å². The molecule has 2 aliphatic rings. The van der Waals surface area contributed by atoms with Crippen LogP contribution in [0.5, 0.6) is 5.75 Å². The van der Waals surface area contributed by atoms with Gasteiger partial charge in [0.15, 0.2) is 17.9 Å². The lowest BCUT2D eigenvalue weighted by atomic mass is 9.88. The van der Waals surface area contributed by atoms with E-state index in [4.69, 9.17) is 4.74 Å². The second kappa shape index (κ2) is 24.7. The highest BCUT2D eigenvalue weighted by Gasteiger charge is 2.55. The van der Waals surface area contributed by atoms with Gasteiger partial charge in [-0.05, 0) is 54.5 Å². The van der Waals surface area contributed by atoms with Gasteiger partial charge in [-0.1, -0.05) is 55.8 Å². The van der Waals surface area contributed by atoms with Gasteiger partial charge in [0.1, 0.15) is 29.6 Å². The van der Waals surface area contributed by atoms with Gasteiger partial charge in [-0.15, -0.1) is 0 Å². The highest BCUT2D eigenvalue weighted by atomic mass is 16.5. The summed E-state index contributed by atoms with van der Waals surface area (Å²) in [5.41, 5.74) is -1.61. The number of ether oxygens (including phenoxy) is 1. The number of aromatic amines is 1. The molecular weight excluding hydrogens is 933 g/mol. The fourth-order valence-corrected chi connectivity index (χ4v) is 8.30. The molecule has 2 aromatic carbocycles. The van der Waals surface area contributed by atoms with Crippen molar-refractivity contribution in [3.8, 4) is 5.75 Å². The number of H-pyrrole nitrogens is 1. The van der Waals surface area contributed by atoms with E-state index in [9.17, 15) is 74.1 Å². The highest BCUT2D eigenvalue weighted by Crippen LogP contribution is 2.27. The third-order valence-corrected chi connectivity index (χ3v) is 12.4. The molecule has 14 N–H and O–H groups in total. The van der Waals surface area contributed by atoms with Gasteiger partial charge in [-0.2, -0.15) is 0 Å². The molecule has 0 aliphatic carbocycles. The zero-order valence-electron chi connectivity index (χ0n) is 39.3. The van der Waals surface area contributed by atoms with Crippen molar-refractivity contribution in [2.45, 2.75) is 106 Å². The minimum atomic E-state index is -2.78. The smallest absolute Gasteiger partial charge is 0.352 e. The molecule has 24 nitrogen and oxygen atoms in total. The zero-order valence-corrected chi connectivity index (χ0v) is 39.3. The first-order chi connectivity index (χ1) is 33.6. The first-order valence-electron chi connectivity index (χ1n) is 22.9. The number of amides is 7. The van der Waals surface area contributed by atoms with Crippen molar-refractivity contribution >= 4 is 64.3 Å². The average Bonchev–Trinajstić information content (AvgIpc) is 3.80. The van der Waals surface area contributed by atoms with Crippen molar-refractivity contribution in [3.63, 3.8) is 0 Å². The van der Waals surface area contributed by atoms with E-state index < -0.39 is 147 Å². The number of allylic oxidation sites excluding steroid dienone is 1. The third-order valence-electron chi connectivity index (χ3n) is 12.4. The number of aliphatic hydroxyl groups excluding tert-OH is 5. The molecule has 2 saturated heterocycles. The first kappa shape index (κ1) is 55.0. The highest BCUT2D eigenvalue weighted by molar-refractivity contribution is 5.99. The molecule has 0 bridgehead atoms. The summed E-state index contributed by atoms with van der Waals surface area (Å²) < 4.78 is 5.17. The molecule has 10 atom stereocenters. The van der Waals surface area contributed by atoms with Gasteiger partial charge in [-0.3, -0.25) is 33.6 Å². The molecule has 7 amide bonds. The summed E-state index contributed by atoms with van der Waals surface area (Å²) in [4.78, 5) is 109. The van der Waals surface area contributed by atoms with E-state index in [-0.39, 0.29) is 11.3 Å². The second-order valence-electron chi connectivity index (χ2n) is 17.8. The van der Waals surface area contributed by atoms with Gasteiger partial charge in [0.25, 0.3) is 11.8 Å². The van der Waals surface area contributed by atoms with Crippen LogP contribution in [0.25, 0.3) is 17.0 Å². The standard InChI is InChI=1S/C47H62N8O16/c1-24(10-6-4-5-7-11-25-14-16-27(71-3)17-15-25)38(61)39(62)37-40(63)44(66)53-42-41(64)45(67)54-47(42,70)20-35(60)55(2)23-34(59)50-31(19-29-28-12-8-9-13-30(28)51-36(29)46(68)69)43(65)49-22-33(58)48-21-26(56)18-32(57)52-37/h7-9,11-17,24,26,31,37-42,51,56,61-64,70H,4-6,10,18-23H2,1-3H3,(H,48,58)(H,49,65)(H,50,59)(H,52,57)(H,53,66)(H,54,67)(H,68,69)/b11-7+/t24-,26+,31-,37-,38+,39+,40-,41-,42+,47+/m1/s1. The number of carbonyl (C=O) groups is 8. The van der Waals surface area contributed by atoms with Crippen LogP contribution in [0.2, 0.25) is 0 Å². The minimum absolute atomic E-state index is 0.108. The van der Waals surface area contributed by atoms with Crippen LogP contribution in [0.1, 0.15) is 67.1 Å². The summed E-state index contributed by atoms with van der Waals surface area (Å²) in [6.07, 6.45) is -6.36. The topological polar surface area (TPSA) is 379 Å². The predicted molar refractivity (Wildman–Crippen MR) is 250 cm³/mol. The summed E-state index contributed by atoms with van der Waals surface area (Å²) in [6.45, 7) is -0.564. The number of rotatable bonds is 13. The molecule has 2 fully saturated rings. The number of β-amino-alcohol motifs (C(OH)–C–C–N with tert-alkyl or cyclic N) is 1. The van der Waals surface area contributed by atoms with Crippen LogP contribution >= 0.6 is 0 Å². The maximum atomic E-state index is 13.8. The van der Waals surface area contributed by atoms with Crippen molar-refractivity contribution in [3.05, 3.63) is 71.4 Å². The predicted octanol–water partition coefficient (Wildman–Crippen LogP) is -3.11. The van der Waals surface area contributed by atoms with Crippen molar-refractivity contribution in [1.29, 1.82) is 0 Å². The minimum Gasteiger partial charge on any atom is -0.497 e. The van der Waals surface area contributed by atoms with E-state index in [2.05, 4.69) is 31.6 Å². The number of hydrogen-bond acceptors (Lipinski definition) is 15. The van der Waals surface area contributed by atoms with Gasteiger partial charge in [0.05, 0.1) is 51.3 Å². The molecule has 386 valence electrons. The Morgan fingerprint density at radius 1 is 0.873 bits per heavy atom. The fraction of sp³-hybridized carbons (Fsp3) is 0.489. The average molecular weight is 995 g/mol. The number of aromatic carboxylic acids is 1. The van der Waals surface area contributed by atoms with E-state index in [1.54, 1.807) is 38.3 Å². The molecule has 0 spiro atoms. The lowest BCUT2D eigenvalue weighted by molar-refractivity contribution is -0.146. The van der Waals surface area contributed by atoms with Gasteiger partial charge < -0.3 is 82.3 Å². The van der Waals surface area contributed by atoms with E-state index in [0.717, 1.165) is 23.3 Å². The molecular formula is C47H62N8O16. The maximum Gasteiger partial charge on any atom is 0.352 e. The van der Waals surface area contributed by atoms with Crippen LogP contribution in [-0.2, 0) is 40.0 Å². The van der Waals surface area contributed by atoms with Crippen LogP contribution in [0.15, 0.2) is 54.6 Å². The van der Waals surface area contributed by atoms with E-state index in [0.29, 0.717) is 36.6 Å². The molecule has 3 aromatic rings. The van der Waals surface area contributed by atoms with Gasteiger partial charge in [0, 0.05) is 30.9 Å². The Morgan fingerprint density at radius 3 is 2.27 bits per heavy atom. The molecule has 24 heteroatoms. The van der Waals surface area contributed by atoms with Gasteiger partial charge in [-0.25, -0.2) is 4.79 Å². The number of hydrogen-bond donors (Lipinski definition) is 14. The van der Waals surface area contributed by atoms with Crippen molar-refractivity contribution < 1.29 is 78.8 Å². The second-order valence-corrected chi connectivity index (χ2v) is 17.8. The van der Waals surface area contributed by atoms with Crippen LogP contribution < -0.4 is 36.6 Å². The van der Waals surface area contributed by atoms with Crippen LogP contribution in [0.4, 0.5) is 0 Å². The number of unbranched alkanes of at least 4 members (excludes halogenated alkanes) is 2. The lowest BCUT2D eigenvalue weighted by Gasteiger charge is -2.35. The fourth-order valence-electron chi connectivity index (χ4n) is 8.30. The summed E-state index contributed by atoms with van der Waals surface area (Å²) in [6, 6.07) is 8.16. The summed E-state index contributed by atoms with van der Waals surface area (Å²) >= 11 is 0. The molecule has 0 radical (unpaired) electrons. The Hall–Kier alpha value is -6.96. The molecule has 71 heavy (non-hydrogen) atoms. The number of fused-ring (bicyclic) bond motifs is 2. The Balaban J connectivity index is 1.34. The van der Waals surface area contributed by atoms with Gasteiger partial charge >= 0.3 is 5.97 Å². The number of benzene rings is 2. The molecule has 2 aliphatic heterocycles. The third kappa shape index (κ3) is 14.6. The number of methoxy groups -OCH3 is 1. The largest absolute Gasteiger partial charge is 0.497 e. The van der Waals surface area contributed by atoms with E-state index >= 15 is 0 Å². The van der Waals surface area contributed by atoms with Crippen LogP contribution in [0, 0.1) is 5.92 Å². The summed E-state index contributed by atoms with van der Waals surface area (Å²) in [7, 11) is 2.68. The Kier molecular flexibility index (Phi) is 19.2. The normalized spacial score (nSPS) is 26.0. The number of carbonyl (C=O) groups excluding carboxylic acids is 7. The van der Waals surface area contributed by atoms with E-state index in [1.807, 2.05) is 41.7 Å².